The Bertz CT molecular complexity index is 653. The topological polar surface area (TPSA) is 71.5 Å². The summed E-state index contributed by atoms with van der Waals surface area (Å²) in [7, 11) is 0. The first-order chi connectivity index (χ1) is 11.6. The highest BCUT2D eigenvalue weighted by molar-refractivity contribution is 5.92. The number of aromatic nitrogens is 1. The maximum absolute atomic E-state index is 12.3. The Morgan fingerprint density at radius 3 is 2.67 bits per heavy atom. The molecule has 0 aliphatic carbocycles. The number of carbonyl (C=O) groups is 1. The van der Waals surface area contributed by atoms with Crippen molar-refractivity contribution in [2.24, 2.45) is 0 Å². The van der Waals surface area contributed by atoms with Gasteiger partial charge in [-0.1, -0.05) is 30.3 Å². The van der Waals surface area contributed by atoms with Gasteiger partial charge in [-0.05, 0) is 18.1 Å². The van der Waals surface area contributed by atoms with Gasteiger partial charge in [-0.3, -0.25) is 9.78 Å². The molecule has 5 nitrogen and oxygen atoms in total. The second-order valence-corrected chi connectivity index (χ2v) is 5.03. The molecule has 7 heteroatoms. The first kappa shape index (κ1) is 17.8. The summed E-state index contributed by atoms with van der Waals surface area (Å²) in [5, 5.41) is 12.0. The van der Waals surface area contributed by atoms with Crippen LogP contribution in [0.1, 0.15) is 28.5 Å². The first-order valence-electron chi connectivity index (χ1n) is 7.44. The van der Waals surface area contributed by atoms with Gasteiger partial charge in [-0.15, -0.1) is 0 Å². The molecule has 1 amide bonds. The van der Waals surface area contributed by atoms with E-state index >= 15 is 0 Å². The van der Waals surface area contributed by atoms with E-state index in [1.54, 1.807) is 0 Å². The highest BCUT2D eigenvalue weighted by Crippen LogP contribution is 2.18. The van der Waals surface area contributed by atoms with Crippen molar-refractivity contribution in [3.05, 3.63) is 59.9 Å². The molecule has 0 saturated carbocycles. The van der Waals surface area contributed by atoms with Crippen LogP contribution in [0.5, 0.6) is 5.75 Å². The number of hydrogen-bond acceptors (Lipinski definition) is 4. The molecular formula is C17H18F2N2O3. The molecule has 0 saturated heterocycles. The fourth-order valence-electron chi connectivity index (χ4n) is 2.15. The minimum Gasteiger partial charge on any atom is -0.488 e. The summed E-state index contributed by atoms with van der Waals surface area (Å²) in [5.74, 6) is -0.325. The van der Waals surface area contributed by atoms with Crippen molar-refractivity contribution in [2.75, 3.05) is 13.2 Å². The van der Waals surface area contributed by atoms with E-state index in [0.717, 1.165) is 5.56 Å². The van der Waals surface area contributed by atoms with Crippen molar-refractivity contribution < 1.29 is 23.4 Å². The number of benzene rings is 1. The van der Waals surface area contributed by atoms with Crippen LogP contribution in [0.3, 0.4) is 0 Å². The summed E-state index contributed by atoms with van der Waals surface area (Å²) in [6, 6.07) is 11.5. The molecule has 24 heavy (non-hydrogen) atoms. The second-order valence-electron chi connectivity index (χ2n) is 5.03. The third-order valence-electron chi connectivity index (χ3n) is 3.27. The number of carbonyl (C=O) groups excluding carboxylic acids is 1. The van der Waals surface area contributed by atoms with Crippen LogP contribution in [-0.2, 0) is 0 Å². The van der Waals surface area contributed by atoms with Gasteiger partial charge in [0.2, 0.25) is 0 Å². The smallest absolute Gasteiger partial charge is 0.272 e. The van der Waals surface area contributed by atoms with Crippen LogP contribution in [0.25, 0.3) is 0 Å². The largest absolute Gasteiger partial charge is 0.488 e. The normalized spacial score (nSPS) is 12.0. The van der Waals surface area contributed by atoms with E-state index in [1.165, 1.54) is 18.3 Å². The van der Waals surface area contributed by atoms with E-state index in [2.05, 4.69) is 10.3 Å². The van der Waals surface area contributed by atoms with E-state index < -0.39 is 18.9 Å². The number of aliphatic hydroxyl groups is 1. The van der Waals surface area contributed by atoms with E-state index in [-0.39, 0.29) is 24.1 Å². The predicted octanol–water partition coefficient (Wildman–Crippen LogP) is 2.58. The van der Waals surface area contributed by atoms with Crippen LogP contribution in [0, 0.1) is 0 Å². The molecule has 0 aliphatic rings. The van der Waals surface area contributed by atoms with Crippen LogP contribution < -0.4 is 10.1 Å². The Balaban J connectivity index is 2.08. The van der Waals surface area contributed by atoms with Crippen molar-refractivity contribution in [1.82, 2.24) is 10.3 Å². The molecule has 1 aromatic heterocycles. The summed E-state index contributed by atoms with van der Waals surface area (Å²) >= 11 is 0. The van der Waals surface area contributed by atoms with Crippen molar-refractivity contribution in [3.8, 4) is 5.75 Å². The number of nitrogens with one attached hydrogen (secondary N) is 1. The number of nitrogens with zero attached hydrogens (tertiary/aromatic N) is 1. The molecule has 128 valence electrons. The lowest BCUT2D eigenvalue weighted by Crippen LogP contribution is -2.29. The molecule has 1 heterocycles. The van der Waals surface area contributed by atoms with E-state index in [9.17, 15) is 18.7 Å². The predicted molar refractivity (Wildman–Crippen MR) is 84.1 cm³/mol. The fraction of sp³-hybridized carbons (Fsp3) is 0.294. The Morgan fingerprint density at radius 2 is 2.00 bits per heavy atom. The third-order valence-corrected chi connectivity index (χ3v) is 3.27. The standard InChI is InChI=1S/C17H18F2N2O3/c18-16(19)11-24-13-6-8-20-15(10-13)17(23)21-14(7-9-22)12-4-2-1-3-5-12/h1-6,8,10,14,16,22H,7,9,11H2,(H,21,23). The van der Waals surface area contributed by atoms with Gasteiger partial charge in [0.15, 0.2) is 0 Å². The first-order valence-corrected chi connectivity index (χ1v) is 7.44. The van der Waals surface area contributed by atoms with E-state index in [0.29, 0.717) is 6.42 Å². The average molecular weight is 336 g/mol. The Labute approximate surface area is 138 Å². The molecule has 2 aromatic rings. The lowest BCUT2D eigenvalue weighted by atomic mass is 10.0. The maximum atomic E-state index is 12.3. The minimum atomic E-state index is -2.59. The summed E-state index contributed by atoms with van der Waals surface area (Å²) in [4.78, 5) is 16.3. The van der Waals surface area contributed by atoms with Crippen LogP contribution in [0.15, 0.2) is 48.7 Å². The van der Waals surface area contributed by atoms with Crippen molar-refractivity contribution >= 4 is 5.91 Å². The zero-order valence-corrected chi connectivity index (χ0v) is 12.9. The van der Waals surface area contributed by atoms with Gasteiger partial charge in [0, 0.05) is 18.9 Å². The Hall–Kier alpha value is -2.54. The monoisotopic (exact) mass is 336 g/mol. The van der Waals surface area contributed by atoms with E-state index in [1.807, 2.05) is 30.3 Å². The number of pyridine rings is 1. The minimum absolute atomic E-state index is 0.0561. The van der Waals surface area contributed by atoms with Crippen LogP contribution in [0.2, 0.25) is 0 Å². The fourth-order valence-corrected chi connectivity index (χ4v) is 2.15. The van der Waals surface area contributed by atoms with Crippen LogP contribution in [-0.4, -0.2) is 35.6 Å². The number of aliphatic hydroxyl groups excluding tert-OH is 1. The van der Waals surface area contributed by atoms with Crippen LogP contribution >= 0.6 is 0 Å². The molecular weight excluding hydrogens is 318 g/mol. The number of hydrogen-bond donors (Lipinski definition) is 2. The van der Waals surface area contributed by atoms with Gasteiger partial charge < -0.3 is 15.2 Å². The zero-order valence-electron chi connectivity index (χ0n) is 12.9. The van der Waals surface area contributed by atoms with Crippen molar-refractivity contribution in [3.63, 3.8) is 0 Å². The molecule has 1 aromatic carbocycles. The highest BCUT2D eigenvalue weighted by atomic mass is 19.3. The van der Waals surface area contributed by atoms with Gasteiger partial charge in [0.1, 0.15) is 18.1 Å². The van der Waals surface area contributed by atoms with Crippen LogP contribution in [0.4, 0.5) is 8.78 Å². The van der Waals surface area contributed by atoms with Gasteiger partial charge in [-0.2, -0.15) is 0 Å². The lowest BCUT2D eigenvalue weighted by molar-refractivity contribution is 0.0817. The summed E-state index contributed by atoms with van der Waals surface area (Å²) in [6.07, 6.45) is -0.932. The SMILES string of the molecule is O=C(NC(CCO)c1ccccc1)c1cc(OCC(F)F)ccn1. The number of rotatable bonds is 8. The average Bonchev–Trinajstić information content (AvgIpc) is 2.60. The molecule has 0 radical (unpaired) electrons. The highest BCUT2D eigenvalue weighted by Gasteiger charge is 2.17. The Kier molecular flexibility index (Phi) is 6.62. The maximum Gasteiger partial charge on any atom is 0.272 e. The molecule has 1 unspecified atom stereocenters. The quantitative estimate of drug-likeness (QED) is 0.777. The summed E-state index contributed by atoms with van der Waals surface area (Å²) in [6.45, 7) is -0.840. The number of amides is 1. The molecule has 0 spiro atoms. The lowest BCUT2D eigenvalue weighted by Gasteiger charge is -2.18. The molecule has 0 aliphatic heterocycles. The van der Waals surface area contributed by atoms with Crippen molar-refractivity contribution in [1.29, 1.82) is 0 Å². The Morgan fingerprint density at radius 1 is 1.25 bits per heavy atom. The van der Waals surface area contributed by atoms with E-state index in [4.69, 9.17) is 4.74 Å². The number of ether oxygens (including phenoxy) is 1. The van der Waals surface area contributed by atoms with Gasteiger partial charge >= 0.3 is 0 Å². The summed E-state index contributed by atoms with van der Waals surface area (Å²) in [5.41, 5.74) is 0.908. The number of alkyl halides is 2. The number of halogens is 2. The summed E-state index contributed by atoms with van der Waals surface area (Å²) < 4.78 is 29.2. The molecule has 0 bridgehead atoms. The second kappa shape index (κ2) is 8.93. The third kappa shape index (κ3) is 5.27. The van der Waals surface area contributed by atoms with Gasteiger partial charge in [-0.25, -0.2) is 8.78 Å². The molecule has 1 atom stereocenters. The molecule has 2 rings (SSSR count). The molecule has 2 N–H and O–H groups in total. The molecule has 0 fully saturated rings. The van der Waals surface area contributed by atoms with Gasteiger partial charge in [0.05, 0.1) is 6.04 Å². The zero-order chi connectivity index (χ0) is 17.4. The van der Waals surface area contributed by atoms with Gasteiger partial charge in [0.25, 0.3) is 12.3 Å². The van der Waals surface area contributed by atoms with Crippen molar-refractivity contribution in [2.45, 2.75) is 18.9 Å².